The summed E-state index contributed by atoms with van der Waals surface area (Å²) in [4.78, 5) is 12.1. The maximum Gasteiger partial charge on any atom is 0.260 e. The summed E-state index contributed by atoms with van der Waals surface area (Å²) in [5.41, 5.74) is 2.00. The van der Waals surface area contributed by atoms with Crippen LogP contribution in [-0.4, -0.2) is 25.2 Å². The van der Waals surface area contributed by atoms with E-state index in [1.54, 1.807) is 13.0 Å². The van der Waals surface area contributed by atoms with Gasteiger partial charge >= 0.3 is 0 Å². The molecule has 5 heteroatoms. The van der Waals surface area contributed by atoms with Crippen molar-refractivity contribution in [2.24, 2.45) is 0 Å². The first-order valence-corrected chi connectivity index (χ1v) is 8.24. The van der Waals surface area contributed by atoms with Crippen molar-refractivity contribution in [2.45, 2.75) is 26.9 Å². The molecule has 1 N–H and O–H groups in total. The van der Waals surface area contributed by atoms with Crippen molar-refractivity contribution in [1.82, 2.24) is 5.32 Å². The van der Waals surface area contributed by atoms with Gasteiger partial charge in [-0.25, -0.2) is 0 Å². The van der Waals surface area contributed by atoms with Crippen molar-refractivity contribution in [3.8, 4) is 11.5 Å². The van der Waals surface area contributed by atoms with Crippen molar-refractivity contribution in [1.29, 1.82) is 0 Å². The first kappa shape index (κ1) is 18.1. The van der Waals surface area contributed by atoms with E-state index in [9.17, 15) is 4.79 Å². The van der Waals surface area contributed by atoms with Gasteiger partial charge < -0.3 is 14.8 Å². The van der Waals surface area contributed by atoms with E-state index in [4.69, 9.17) is 21.1 Å². The highest BCUT2D eigenvalue weighted by atomic mass is 35.5. The van der Waals surface area contributed by atoms with Gasteiger partial charge in [0.25, 0.3) is 5.91 Å². The van der Waals surface area contributed by atoms with Crippen molar-refractivity contribution in [3.05, 3.63) is 58.6 Å². The van der Waals surface area contributed by atoms with Gasteiger partial charge in [-0.15, -0.1) is 0 Å². The van der Waals surface area contributed by atoms with Crippen molar-refractivity contribution >= 4 is 17.5 Å². The second kappa shape index (κ2) is 8.60. The smallest absolute Gasteiger partial charge is 0.260 e. The molecule has 128 valence electrons. The van der Waals surface area contributed by atoms with Gasteiger partial charge in [-0.1, -0.05) is 35.9 Å². The zero-order valence-electron chi connectivity index (χ0n) is 14.1. The van der Waals surface area contributed by atoms with Crippen molar-refractivity contribution < 1.29 is 14.3 Å². The first-order valence-electron chi connectivity index (χ1n) is 7.86. The molecule has 0 saturated heterocycles. The Hall–Kier alpha value is -2.20. The molecule has 1 unspecified atom stereocenters. The number of para-hydroxylation sites is 1. The molecule has 4 nitrogen and oxygen atoms in total. The van der Waals surface area contributed by atoms with Crippen LogP contribution in [-0.2, 0) is 4.79 Å². The number of ether oxygens (including phenoxy) is 2. The second-order valence-electron chi connectivity index (χ2n) is 5.58. The highest BCUT2D eigenvalue weighted by Gasteiger charge is 2.14. The van der Waals surface area contributed by atoms with E-state index in [-0.39, 0.29) is 5.91 Å². The van der Waals surface area contributed by atoms with Crippen LogP contribution in [0.4, 0.5) is 0 Å². The van der Waals surface area contributed by atoms with E-state index in [2.05, 4.69) is 5.32 Å². The fraction of sp³-hybridized carbons (Fsp3) is 0.316. The number of nitrogens with one attached hydrogen (secondary N) is 1. The quantitative estimate of drug-likeness (QED) is 0.772. The third-order valence-corrected chi connectivity index (χ3v) is 3.99. The Morgan fingerprint density at radius 3 is 2.62 bits per heavy atom. The Kier molecular flexibility index (Phi) is 6.50. The number of carbonyl (C=O) groups excluding carboxylic acids is 1. The molecule has 0 aromatic heterocycles. The van der Waals surface area contributed by atoms with E-state index in [0.29, 0.717) is 29.7 Å². The van der Waals surface area contributed by atoms with Gasteiger partial charge in [-0.2, -0.15) is 0 Å². The van der Waals surface area contributed by atoms with Gasteiger partial charge in [0, 0.05) is 5.02 Å². The number of rotatable bonds is 7. The predicted molar refractivity (Wildman–Crippen MR) is 96.0 cm³/mol. The molecule has 0 bridgehead atoms. The summed E-state index contributed by atoms with van der Waals surface area (Å²) in [5.74, 6) is 1.22. The summed E-state index contributed by atoms with van der Waals surface area (Å²) in [7, 11) is 0. The molecule has 0 aliphatic rings. The van der Waals surface area contributed by atoms with Gasteiger partial charge in [0.05, 0.1) is 6.54 Å². The van der Waals surface area contributed by atoms with Crippen LogP contribution < -0.4 is 14.8 Å². The Morgan fingerprint density at radius 2 is 1.92 bits per heavy atom. The molecular weight excluding hydrogens is 326 g/mol. The third-order valence-electron chi connectivity index (χ3n) is 3.58. The van der Waals surface area contributed by atoms with Crippen LogP contribution in [0, 0.1) is 13.8 Å². The molecule has 0 saturated carbocycles. The molecule has 1 amide bonds. The number of hydrogen-bond donors (Lipinski definition) is 1. The molecule has 0 spiro atoms. The Labute approximate surface area is 147 Å². The zero-order chi connectivity index (χ0) is 17.5. The van der Waals surface area contributed by atoms with Crippen LogP contribution in [0.15, 0.2) is 42.5 Å². The maximum atomic E-state index is 12.1. The fourth-order valence-corrected chi connectivity index (χ4v) is 2.25. The van der Waals surface area contributed by atoms with E-state index in [1.807, 2.05) is 50.2 Å². The number of amides is 1. The maximum absolute atomic E-state index is 12.1. The highest BCUT2D eigenvalue weighted by Crippen LogP contribution is 2.21. The molecule has 1 atom stereocenters. The molecule has 24 heavy (non-hydrogen) atoms. The standard InChI is InChI=1S/C19H22ClNO3/c1-13-8-9-16(12-17(13)20)23-11-10-21-19(22)15(3)24-18-7-5-4-6-14(18)2/h4-9,12,15H,10-11H2,1-3H3,(H,21,22). The fourth-order valence-electron chi connectivity index (χ4n) is 2.08. The molecule has 0 radical (unpaired) electrons. The van der Waals surface area contributed by atoms with Gasteiger partial charge in [0.1, 0.15) is 18.1 Å². The average molecular weight is 348 g/mol. The summed E-state index contributed by atoms with van der Waals surface area (Å²) in [6, 6.07) is 13.1. The molecule has 0 fully saturated rings. The lowest BCUT2D eigenvalue weighted by molar-refractivity contribution is -0.127. The molecule has 2 aromatic carbocycles. The number of aryl methyl sites for hydroxylation is 2. The minimum atomic E-state index is -0.570. The highest BCUT2D eigenvalue weighted by molar-refractivity contribution is 6.31. The monoisotopic (exact) mass is 347 g/mol. The number of carbonyl (C=O) groups is 1. The predicted octanol–water partition coefficient (Wildman–Crippen LogP) is 3.92. The van der Waals surface area contributed by atoms with Crippen LogP contribution in [0.2, 0.25) is 5.02 Å². The molecule has 0 aliphatic heterocycles. The summed E-state index contributed by atoms with van der Waals surface area (Å²) >= 11 is 6.04. The van der Waals surface area contributed by atoms with E-state index < -0.39 is 6.10 Å². The summed E-state index contributed by atoms with van der Waals surface area (Å²) in [6.07, 6.45) is -0.570. The normalized spacial score (nSPS) is 11.7. The van der Waals surface area contributed by atoms with Gasteiger partial charge in [-0.05, 0) is 50.1 Å². The van der Waals surface area contributed by atoms with Crippen LogP contribution >= 0.6 is 11.6 Å². The largest absolute Gasteiger partial charge is 0.492 e. The Bertz CT molecular complexity index is 703. The molecule has 2 aromatic rings. The average Bonchev–Trinajstić information content (AvgIpc) is 2.56. The van der Waals surface area contributed by atoms with Crippen molar-refractivity contribution in [2.75, 3.05) is 13.2 Å². The second-order valence-corrected chi connectivity index (χ2v) is 5.98. The van der Waals surface area contributed by atoms with Crippen LogP contribution in [0.1, 0.15) is 18.1 Å². The van der Waals surface area contributed by atoms with Gasteiger partial charge in [0.2, 0.25) is 0 Å². The van der Waals surface area contributed by atoms with Gasteiger partial charge in [0.15, 0.2) is 6.10 Å². The molecule has 2 rings (SSSR count). The van der Waals surface area contributed by atoms with Gasteiger partial charge in [-0.3, -0.25) is 4.79 Å². The lowest BCUT2D eigenvalue weighted by Crippen LogP contribution is -2.38. The minimum absolute atomic E-state index is 0.177. The van der Waals surface area contributed by atoms with E-state index in [1.165, 1.54) is 0 Å². The van der Waals surface area contributed by atoms with Crippen molar-refractivity contribution in [3.63, 3.8) is 0 Å². The van der Waals surface area contributed by atoms with E-state index >= 15 is 0 Å². The third kappa shape index (κ3) is 5.17. The van der Waals surface area contributed by atoms with Crippen LogP contribution in [0.25, 0.3) is 0 Å². The minimum Gasteiger partial charge on any atom is -0.492 e. The van der Waals surface area contributed by atoms with E-state index in [0.717, 1.165) is 11.1 Å². The van der Waals surface area contributed by atoms with Crippen LogP contribution in [0.3, 0.4) is 0 Å². The summed E-state index contributed by atoms with van der Waals surface area (Å²) in [6.45, 7) is 6.36. The van der Waals surface area contributed by atoms with Crippen LogP contribution in [0.5, 0.6) is 11.5 Å². The summed E-state index contributed by atoms with van der Waals surface area (Å²) < 4.78 is 11.3. The Morgan fingerprint density at radius 1 is 1.17 bits per heavy atom. The summed E-state index contributed by atoms with van der Waals surface area (Å²) in [5, 5.41) is 3.46. The number of halogens is 1. The molecule has 0 heterocycles. The molecule has 0 aliphatic carbocycles. The number of hydrogen-bond acceptors (Lipinski definition) is 3. The lowest BCUT2D eigenvalue weighted by Gasteiger charge is -2.16. The molecular formula is C19H22ClNO3. The first-order chi connectivity index (χ1) is 11.5. The SMILES string of the molecule is Cc1ccc(OCCNC(=O)C(C)Oc2ccccc2C)cc1Cl. The lowest BCUT2D eigenvalue weighted by atomic mass is 10.2. The topological polar surface area (TPSA) is 47.6 Å². The number of benzene rings is 2. The Balaban J connectivity index is 1.74. The zero-order valence-corrected chi connectivity index (χ0v) is 14.9.